The lowest BCUT2D eigenvalue weighted by molar-refractivity contribution is -0.119. The smallest absolute Gasteiger partial charge is 0.357 e. The van der Waals surface area contributed by atoms with Crippen LogP contribution in [0.3, 0.4) is 0 Å². The molecule has 2 aromatic heterocycles. The van der Waals surface area contributed by atoms with Gasteiger partial charge in [-0.05, 0) is 30.7 Å². The summed E-state index contributed by atoms with van der Waals surface area (Å²) < 4.78 is 34.9. The van der Waals surface area contributed by atoms with Crippen LogP contribution in [0.25, 0.3) is 10.4 Å². The summed E-state index contributed by atoms with van der Waals surface area (Å²) in [5.74, 6) is -2.25. The monoisotopic (exact) mass is 503 g/mol. The Morgan fingerprint density at radius 1 is 1.00 bits per heavy atom. The number of aromatic nitrogens is 1. The number of hydrogen-bond donors (Lipinski definition) is 2. The second-order valence-corrected chi connectivity index (χ2v) is 9.65. The van der Waals surface area contributed by atoms with Gasteiger partial charge in [-0.3, -0.25) is 9.52 Å². The Hall–Kier alpha value is -3.77. The van der Waals surface area contributed by atoms with Gasteiger partial charge in [0.15, 0.2) is 12.3 Å². The third-order valence-electron chi connectivity index (χ3n) is 4.12. The molecule has 2 N–H and O–H groups in total. The Labute approximate surface area is 200 Å². The number of pyridine rings is 1. The zero-order valence-electron chi connectivity index (χ0n) is 18.2. The van der Waals surface area contributed by atoms with E-state index in [9.17, 15) is 22.8 Å². The average molecular weight is 504 g/mol. The lowest BCUT2D eigenvalue weighted by Gasteiger charge is -2.08. The molecule has 1 amide bonds. The molecule has 2 heterocycles. The predicted octanol–water partition coefficient (Wildman–Crippen LogP) is 3.15. The minimum atomic E-state index is -3.58. The summed E-state index contributed by atoms with van der Waals surface area (Å²) in [6.07, 6.45) is 0.947. The fourth-order valence-corrected chi connectivity index (χ4v) is 4.31. The zero-order chi connectivity index (χ0) is 24.7. The molecule has 0 aliphatic rings. The Morgan fingerprint density at radius 3 is 2.41 bits per heavy atom. The van der Waals surface area contributed by atoms with Crippen molar-refractivity contribution in [2.24, 2.45) is 0 Å². The Bertz CT molecular complexity index is 1310. The van der Waals surface area contributed by atoms with E-state index in [-0.39, 0.29) is 28.7 Å². The van der Waals surface area contributed by atoms with Crippen LogP contribution >= 0.6 is 11.3 Å². The largest absolute Gasteiger partial charge is 0.462 e. The fourth-order valence-electron chi connectivity index (χ4n) is 2.75. The van der Waals surface area contributed by atoms with Gasteiger partial charge in [0.1, 0.15) is 10.8 Å². The second-order valence-electron chi connectivity index (χ2n) is 6.85. The Morgan fingerprint density at radius 2 is 1.74 bits per heavy atom. The molecule has 3 rings (SSSR count). The highest BCUT2D eigenvalue weighted by Gasteiger charge is 2.21. The highest BCUT2D eigenvalue weighted by molar-refractivity contribution is 7.92. The zero-order valence-corrected chi connectivity index (χ0v) is 19.9. The molecule has 0 bridgehead atoms. The molecule has 0 radical (unpaired) electrons. The van der Waals surface area contributed by atoms with E-state index in [2.05, 4.69) is 15.0 Å². The summed E-state index contributed by atoms with van der Waals surface area (Å²) in [5.41, 5.74) is 0.862. The van der Waals surface area contributed by atoms with Gasteiger partial charge in [0, 0.05) is 4.88 Å². The lowest BCUT2D eigenvalue weighted by Crippen LogP contribution is -2.22. The number of carbonyl (C=O) groups excluding carboxylic acids is 3. The normalized spacial score (nSPS) is 10.9. The quantitative estimate of drug-likeness (QED) is 0.424. The Kier molecular flexibility index (Phi) is 7.97. The van der Waals surface area contributed by atoms with Gasteiger partial charge < -0.3 is 14.8 Å². The first-order valence-electron chi connectivity index (χ1n) is 9.94. The Balaban J connectivity index is 1.69. The van der Waals surface area contributed by atoms with Gasteiger partial charge in [0.05, 0.1) is 18.4 Å². The summed E-state index contributed by atoms with van der Waals surface area (Å²) >= 11 is 1.18. The van der Waals surface area contributed by atoms with Crippen molar-refractivity contribution < 1.29 is 32.3 Å². The number of benzene rings is 1. The summed E-state index contributed by atoms with van der Waals surface area (Å²) in [6, 6.07) is 15.0. The van der Waals surface area contributed by atoms with Crippen molar-refractivity contribution in [3.8, 4) is 10.4 Å². The molecule has 0 atom stereocenters. The van der Waals surface area contributed by atoms with Crippen molar-refractivity contribution in [3.05, 3.63) is 65.9 Å². The van der Waals surface area contributed by atoms with Crippen LogP contribution in [0.1, 0.15) is 27.8 Å². The number of ether oxygens (including phenoxy) is 2. The topological polar surface area (TPSA) is 141 Å². The summed E-state index contributed by atoms with van der Waals surface area (Å²) in [7, 11) is -3.58. The van der Waals surface area contributed by atoms with Crippen molar-refractivity contribution in [1.82, 2.24) is 4.98 Å². The molecule has 0 aliphatic carbocycles. The maximum absolute atomic E-state index is 12.4. The number of esters is 2. The van der Waals surface area contributed by atoms with Crippen LogP contribution in [-0.2, 0) is 24.3 Å². The minimum Gasteiger partial charge on any atom is -0.462 e. The van der Waals surface area contributed by atoms with E-state index in [1.54, 1.807) is 13.0 Å². The maximum atomic E-state index is 12.4. The van der Waals surface area contributed by atoms with Crippen LogP contribution in [-0.4, -0.2) is 50.7 Å². The van der Waals surface area contributed by atoms with E-state index in [1.807, 2.05) is 30.3 Å². The molecular weight excluding hydrogens is 482 g/mol. The van der Waals surface area contributed by atoms with E-state index in [4.69, 9.17) is 9.47 Å². The first kappa shape index (κ1) is 24.9. The number of thiophene rings is 1. The first-order chi connectivity index (χ1) is 16.2. The van der Waals surface area contributed by atoms with Crippen LogP contribution in [0.15, 0.2) is 54.6 Å². The van der Waals surface area contributed by atoms with Crippen LogP contribution in [0.2, 0.25) is 0 Å². The van der Waals surface area contributed by atoms with Gasteiger partial charge in [-0.1, -0.05) is 36.4 Å². The summed E-state index contributed by atoms with van der Waals surface area (Å²) in [5, 5.41) is 2.84. The third kappa shape index (κ3) is 6.86. The molecule has 0 saturated heterocycles. The van der Waals surface area contributed by atoms with Gasteiger partial charge in [0.25, 0.3) is 5.91 Å². The van der Waals surface area contributed by atoms with Gasteiger partial charge in [0.2, 0.25) is 10.0 Å². The number of nitrogens with one attached hydrogen (secondary N) is 2. The number of carbonyl (C=O) groups is 3. The second kappa shape index (κ2) is 10.9. The van der Waals surface area contributed by atoms with Crippen LogP contribution < -0.4 is 10.0 Å². The molecule has 10 nitrogen and oxygen atoms in total. The molecule has 34 heavy (non-hydrogen) atoms. The summed E-state index contributed by atoms with van der Waals surface area (Å²) in [4.78, 5) is 41.7. The minimum absolute atomic E-state index is 0.0625. The van der Waals surface area contributed by atoms with Gasteiger partial charge >= 0.3 is 11.9 Å². The third-order valence-corrected chi connectivity index (χ3v) is 5.80. The molecule has 0 unspecified atom stereocenters. The highest BCUT2D eigenvalue weighted by Crippen LogP contribution is 2.35. The van der Waals surface area contributed by atoms with Crippen LogP contribution in [0.4, 0.5) is 10.8 Å². The standard InChI is InChI=1S/C22H21N3O7S2/c1-3-31-21(27)15-12-17(14-8-5-4-6-9-14)33-20(15)24-19(26)13-32-22(28)16-10-7-11-18(23-16)25-34(2,29)30/h4-12H,3,13H2,1-2H3,(H,23,25)(H,24,26). The number of rotatable bonds is 9. The molecule has 0 saturated carbocycles. The van der Waals surface area contributed by atoms with E-state index in [1.165, 1.54) is 29.5 Å². The van der Waals surface area contributed by atoms with Gasteiger partial charge in [-0.15, -0.1) is 11.3 Å². The molecule has 0 aliphatic heterocycles. The lowest BCUT2D eigenvalue weighted by atomic mass is 10.1. The molecule has 178 valence electrons. The van der Waals surface area contributed by atoms with Gasteiger partial charge in [-0.2, -0.15) is 0 Å². The van der Waals surface area contributed by atoms with Crippen LogP contribution in [0.5, 0.6) is 0 Å². The molecule has 12 heteroatoms. The molecular formula is C22H21N3O7S2. The molecule has 0 fully saturated rings. The molecule has 0 spiro atoms. The number of sulfonamides is 1. The van der Waals surface area contributed by atoms with Crippen LogP contribution in [0, 0.1) is 0 Å². The van der Waals surface area contributed by atoms with Crippen molar-refractivity contribution >= 4 is 50.0 Å². The van der Waals surface area contributed by atoms with E-state index < -0.39 is 34.5 Å². The van der Waals surface area contributed by atoms with E-state index >= 15 is 0 Å². The molecule has 1 aromatic carbocycles. The van der Waals surface area contributed by atoms with Crippen molar-refractivity contribution in [1.29, 1.82) is 0 Å². The van der Waals surface area contributed by atoms with Crippen molar-refractivity contribution in [2.75, 3.05) is 29.5 Å². The average Bonchev–Trinajstić information content (AvgIpc) is 3.21. The first-order valence-corrected chi connectivity index (χ1v) is 12.6. The number of amides is 1. The SMILES string of the molecule is CCOC(=O)c1cc(-c2ccccc2)sc1NC(=O)COC(=O)c1cccc(NS(C)(=O)=O)n1. The summed E-state index contributed by atoms with van der Waals surface area (Å²) in [6.45, 7) is 1.19. The van der Waals surface area contributed by atoms with E-state index in [0.717, 1.165) is 16.7 Å². The maximum Gasteiger partial charge on any atom is 0.357 e. The van der Waals surface area contributed by atoms with Crippen molar-refractivity contribution in [3.63, 3.8) is 0 Å². The number of hydrogen-bond acceptors (Lipinski definition) is 9. The van der Waals surface area contributed by atoms with Gasteiger partial charge in [-0.25, -0.2) is 23.0 Å². The van der Waals surface area contributed by atoms with Crippen molar-refractivity contribution in [2.45, 2.75) is 6.92 Å². The van der Waals surface area contributed by atoms with E-state index in [0.29, 0.717) is 0 Å². The predicted molar refractivity (Wildman–Crippen MR) is 127 cm³/mol. The molecule has 3 aromatic rings. The fraction of sp³-hybridized carbons (Fsp3) is 0.182. The number of nitrogens with zero attached hydrogens (tertiary/aromatic N) is 1. The number of anilines is 2. The highest BCUT2D eigenvalue weighted by atomic mass is 32.2.